The number of carbonyl (C=O) groups is 1. The molecule has 23 heavy (non-hydrogen) atoms. The molecule has 2 aromatic rings. The third-order valence-electron chi connectivity index (χ3n) is 4.47. The Labute approximate surface area is 136 Å². The van der Waals surface area contributed by atoms with Crippen molar-refractivity contribution in [2.24, 2.45) is 0 Å². The van der Waals surface area contributed by atoms with Gasteiger partial charge in [0.05, 0.1) is 18.2 Å². The zero-order chi connectivity index (χ0) is 16.4. The zero-order valence-corrected chi connectivity index (χ0v) is 13.2. The van der Waals surface area contributed by atoms with Gasteiger partial charge in [0.1, 0.15) is 0 Å². The van der Waals surface area contributed by atoms with Crippen molar-refractivity contribution >= 4 is 11.7 Å². The predicted molar refractivity (Wildman–Crippen MR) is 91.0 cm³/mol. The number of nitrogens with zero attached hydrogens (tertiary/aromatic N) is 1. The van der Waals surface area contributed by atoms with Crippen molar-refractivity contribution in [1.29, 1.82) is 0 Å². The topological polar surface area (TPSA) is 60.8 Å². The van der Waals surface area contributed by atoms with Crippen LogP contribution in [0.25, 0.3) is 11.1 Å². The van der Waals surface area contributed by atoms with Gasteiger partial charge in [0.15, 0.2) is 0 Å². The number of anilines is 1. The minimum absolute atomic E-state index is 0.0740. The summed E-state index contributed by atoms with van der Waals surface area (Å²) in [6, 6.07) is 13.6. The van der Waals surface area contributed by atoms with Gasteiger partial charge in [-0.3, -0.25) is 0 Å². The zero-order valence-electron chi connectivity index (χ0n) is 13.2. The third kappa shape index (κ3) is 3.22. The highest BCUT2D eigenvalue weighted by atomic mass is 16.4. The molecule has 4 heteroatoms. The molecule has 0 aliphatic carbocycles. The molecule has 1 fully saturated rings. The highest BCUT2D eigenvalue weighted by Crippen LogP contribution is 2.31. The van der Waals surface area contributed by atoms with E-state index in [1.807, 2.05) is 37.3 Å². The molecule has 120 valence electrons. The number of carboxylic acids is 1. The van der Waals surface area contributed by atoms with Crippen molar-refractivity contribution in [3.05, 3.63) is 53.6 Å². The van der Waals surface area contributed by atoms with E-state index in [-0.39, 0.29) is 18.2 Å². The number of aryl methyl sites for hydroxylation is 1. The Balaban J connectivity index is 2.06. The van der Waals surface area contributed by atoms with Crippen LogP contribution in [0, 0.1) is 6.92 Å². The van der Waals surface area contributed by atoms with E-state index < -0.39 is 5.97 Å². The van der Waals surface area contributed by atoms with Crippen LogP contribution >= 0.6 is 0 Å². The molecule has 0 bridgehead atoms. The fourth-order valence-electron chi connectivity index (χ4n) is 3.18. The summed E-state index contributed by atoms with van der Waals surface area (Å²) >= 11 is 0. The maximum absolute atomic E-state index is 11.5. The van der Waals surface area contributed by atoms with Crippen LogP contribution in [0.2, 0.25) is 0 Å². The molecule has 1 heterocycles. The summed E-state index contributed by atoms with van der Waals surface area (Å²) in [6.07, 6.45) is 1.95. The van der Waals surface area contributed by atoms with Gasteiger partial charge in [-0.1, -0.05) is 29.8 Å². The maximum Gasteiger partial charge on any atom is 0.335 e. The van der Waals surface area contributed by atoms with Gasteiger partial charge in [0, 0.05) is 12.2 Å². The molecule has 1 aliphatic rings. The summed E-state index contributed by atoms with van der Waals surface area (Å²) in [5.74, 6) is -0.931. The largest absolute Gasteiger partial charge is 0.478 e. The van der Waals surface area contributed by atoms with Gasteiger partial charge in [-0.05, 0) is 49.1 Å². The van der Waals surface area contributed by atoms with Crippen molar-refractivity contribution in [1.82, 2.24) is 0 Å². The van der Waals surface area contributed by atoms with Gasteiger partial charge < -0.3 is 15.1 Å². The molecule has 0 saturated carbocycles. The SMILES string of the molecule is Cc1ccc(-c2cc(C(=O)O)cc(N3CCC[C@@H]3CO)c2)cc1. The maximum atomic E-state index is 11.5. The normalized spacial score (nSPS) is 17.5. The second-order valence-corrected chi connectivity index (χ2v) is 6.11. The molecule has 1 saturated heterocycles. The summed E-state index contributed by atoms with van der Waals surface area (Å²) in [4.78, 5) is 13.6. The van der Waals surface area contributed by atoms with E-state index in [1.165, 1.54) is 5.56 Å². The number of carboxylic acid groups (broad SMARTS) is 1. The third-order valence-corrected chi connectivity index (χ3v) is 4.47. The Morgan fingerprint density at radius 2 is 1.91 bits per heavy atom. The first-order valence-electron chi connectivity index (χ1n) is 7.91. The summed E-state index contributed by atoms with van der Waals surface area (Å²) < 4.78 is 0. The summed E-state index contributed by atoms with van der Waals surface area (Å²) in [7, 11) is 0. The average molecular weight is 311 g/mol. The Morgan fingerprint density at radius 3 is 2.57 bits per heavy atom. The molecule has 0 radical (unpaired) electrons. The molecule has 2 aromatic carbocycles. The Morgan fingerprint density at radius 1 is 1.17 bits per heavy atom. The second-order valence-electron chi connectivity index (χ2n) is 6.11. The Bertz CT molecular complexity index is 709. The van der Waals surface area contributed by atoms with Gasteiger partial charge >= 0.3 is 5.97 Å². The number of aliphatic hydroxyl groups excluding tert-OH is 1. The number of benzene rings is 2. The van der Waals surface area contributed by atoms with Crippen molar-refractivity contribution in [2.45, 2.75) is 25.8 Å². The van der Waals surface area contributed by atoms with E-state index >= 15 is 0 Å². The second kappa shape index (κ2) is 6.42. The fourth-order valence-corrected chi connectivity index (χ4v) is 3.18. The van der Waals surface area contributed by atoms with Crippen molar-refractivity contribution in [3.63, 3.8) is 0 Å². The monoisotopic (exact) mass is 311 g/mol. The average Bonchev–Trinajstić information content (AvgIpc) is 3.03. The smallest absolute Gasteiger partial charge is 0.335 e. The molecule has 1 atom stereocenters. The minimum atomic E-state index is -0.931. The van der Waals surface area contributed by atoms with Gasteiger partial charge in [0.2, 0.25) is 0 Å². The first-order chi connectivity index (χ1) is 11.1. The van der Waals surface area contributed by atoms with E-state index in [0.29, 0.717) is 0 Å². The van der Waals surface area contributed by atoms with Gasteiger partial charge in [-0.15, -0.1) is 0 Å². The van der Waals surface area contributed by atoms with Crippen molar-refractivity contribution in [2.75, 3.05) is 18.1 Å². The highest BCUT2D eigenvalue weighted by Gasteiger charge is 2.25. The quantitative estimate of drug-likeness (QED) is 0.909. The lowest BCUT2D eigenvalue weighted by Crippen LogP contribution is -2.32. The van der Waals surface area contributed by atoms with Gasteiger partial charge in [-0.25, -0.2) is 4.79 Å². The lowest BCUT2D eigenvalue weighted by molar-refractivity contribution is 0.0697. The molecule has 3 rings (SSSR count). The molecule has 2 N–H and O–H groups in total. The number of aliphatic hydroxyl groups is 1. The summed E-state index contributed by atoms with van der Waals surface area (Å²) in [5, 5.41) is 19.0. The molecule has 0 aromatic heterocycles. The fraction of sp³-hybridized carbons (Fsp3) is 0.316. The molecule has 0 spiro atoms. The molecule has 0 unspecified atom stereocenters. The number of aromatic carboxylic acids is 1. The van der Waals surface area contributed by atoms with Crippen LogP contribution in [0.15, 0.2) is 42.5 Å². The summed E-state index contributed by atoms with van der Waals surface area (Å²) in [5.41, 5.74) is 4.21. The molecular formula is C19H21NO3. The molecular weight excluding hydrogens is 290 g/mol. The molecule has 1 aliphatic heterocycles. The van der Waals surface area contributed by atoms with E-state index in [4.69, 9.17) is 0 Å². The Kier molecular flexibility index (Phi) is 4.35. The Hall–Kier alpha value is -2.33. The van der Waals surface area contributed by atoms with Gasteiger partial charge in [-0.2, -0.15) is 0 Å². The standard InChI is InChI=1S/C19H21NO3/c1-13-4-6-14(7-5-13)15-9-16(19(22)23)11-18(10-15)20-8-2-3-17(20)12-21/h4-7,9-11,17,21H,2-3,8,12H2,1H3,(H,22,23)/t17-/m1/s1. The molecule has 0 amide bonds. The summed E-state index contributed by atoms with van der Waals surface area (Å²) in [6.45, 7) is 2.97. The van der Waals surface area contributed by atoms with Crippen LogP contribution in [0.1, 0.15) is 28.8 Å². The van der Waals surface area contributed by atoms with E-state index in [1.54, 1.807) is 12.1 Å². The lowest BCUT2D eigenvalue weighted by Gasteiger charge is -2.26. The highest BCUT2D eigenvalue weighted by molar-refractivity contribution is 5.91. The van der Waals surface area contributed by atoms with E-state index in [0.717, 1.165) is 36.2 Å². The number of hydrogen-bond acceptors (Lipinski definition) is 3. The van der Waals surface area contributed by atoms with Crippen LogP contribution in [0.3, 0.4) is 0 Å². The van der Waals surface area contributed by atoms with E-state index in [2.05, 4.69) is 4.90 Å². The van der Waals surface area contributed by atoms with E-state index in [9.17, 15) is 15.0 Å². The van der Waals surface area contributed by atoms with Crippen LogP contribution in [-0.2, 0) is 0 Å². The van der Waals surface area contributed by atoms with Crippen molar-refractivity contribution in [3.8, 4) is 11.1 Å². The minimum Gasteiger partial charge on any atom is -0.478 e. The molecule has 4 nitrogen and oxygen atoms in total. The van der Waals surface area contributed by atoms with Crippen LogP contribution in [0.5, 0.6) is 0 Å². The van der Waals surface area contributed by atoms with Crippen LogP contribution in [0.4, 0.5) is 5.69 Å². The van der Waals surface area contributed by atoms with Crippen molar-refractivity contribution < 1.29 is 15.0 Å². The van der Waals surface area contributed by atoms with Crippen LogP contribution < -0.4 is 4.90 Å². The number of rotatable bonds is 4. The predicted octanol–water partition coefficient (Wildman–Crippen LogP) is 3.32. The lowest BCUT2D eigenvalue weighted by atomic mass is 10.0. The number of hydrogen-bond donors (Lipinski definition) is 2. The first-order valence-corrected chi connectivity index (χ1v) is 7.91. The van der Waals surface area contributed by atoms with Gasteiger partial charge in [0.25, 0.3) is 0 Å². The van der Waals surface area contributed by atoms with Crippen LogP contribution in [-0.4, -0.2) is 35.4 Å². The first kappa shape index (κ1) is 15.6.